The number of furan rings is 1. The fourth-order valence-corrected chi connectivity index (χ4v) is 6.54. The van der Waals surface area contributed by atoms with Crippen LogP contribution in [0.25, 0.3) is 44.0 Å². The van der Waals surface area contributed by atoms with E-state index in [9.17, 15) is 0 Å². The Morgan fingerprint density at radius 2 is 1.41 bits per heavy atom. The third-order valence-electron chi connectivity index (χ3n) is 8.30. The second kappa shape index (κ2) is 6.95. The summed E-state index contributed by atoms with van der Waals surface area (Å²) in [4.78, 5) is 0. The Morgan fingerprint density at radius 3 is 2.12 bits per heavy atom. The number of nitrogens with zero attached hydrogens (tertiary/aromatic N) is 1. The van der Waals surface area contributed by atoms with Crippen LogP contribution in [0.3, 0.4) is 0 Å². The van der Waals surface area contributed by atoms with E-state index in [1.54, 1.807) is 0 Å². The number of hydrogen-bond donors (Lipinski definition) is 0. The molecular weight excluding hydrogens is 414 g/mol. The smallest absolute Gasteiger partial charge is 0.220 e. The largest absolute Gasteiger partial charge is 0.455 e. The van der Waals surface area contributed by atoms with Crippen LogP contribution in [0.5, 0.6) is 0 Å². The van der Waals surface area contributed by atoms with E-state index in [0.29, 0.717) is 0 Å². The molecule has 0 atom stereocenters. The van der Waals surface area contributed by atoms with E-state index in [-0.39, 0.29) is 10.8 Å². The van der Waals surface area contributed by atoms with Crippen LogP contribution in [-0.4, -0.2) is 0 Å². The second-order valence-corrected chi connectivity index (χ2v) is 11.7. The first-order valence-corrected chi connectivity index (χ1v) is 12.5. The lowest BCUT2D eigenvalue weighted by Gasteiger charge is -2.42. The first kappa shape index (κ1) is 21.4. The van der Waals surface area contributed by atoms with Gasteiger partial charge in [-0.3, -0.25) is 0 Å². The third kappa shape index (κ3) is 2.90. The molecule has 2 nitrogen and oxygen atoms in total. The molecule has 0 radical (unpaired) electrons. The van der Waals surface area contributed by atoms with Gasteiger partial charge >= 0.3 is 0 Å². The molecule has 0 N–H and O–H groups in total. The molecule has 0 unspecified atom stereocenters. The molecule has 34 heavy (non-hydrogen) atoms. The van der Waals surface area contributed by atoms with Gasteiger partial charge in [-0.2, -0.15) is 0 Å². The van der Waals surface area contributed by atoms with Crippen LogP contribution < -0.4 is 4.57 Å². The van der Waals surface area contributed by atoms with E-state index >= 15 is 0 Å². The van der Waals surface area contributed by atoms with Crippen molar-refractivity contribution in [1.82, 2.24) is 0 Å². The van der Waals surface area contributed by atoms with Crippen molar-refractivity contribution in [3.8, 4) is 11.3 Å². The number of pyridine rings is 1. The molecule has 6 rings (SSSR count). The summed E-state index contributed by atoms with van der Waals surface area (Å²) >= 11 is 0. The predicted octanol–water partition coefficient (Wildman–Crippen LogP) is 8.20. The molecule has 172 valence electrons. The predicted molar refractivity (Wildman–Crippen MR) is 143 cm³/mol. The zero-order chi connectivity index (χ0) is 24.0. The van der Waals surface area contributed by atoms with Crippen LogP contribution in [0, 0.1) is 13.8 Å². The summed E-state index contributed by atoms with van der Waals surface area (Å²) in [5, 5.41) is 4.86. The van der Waals surface area contributed by atoms with Crippen molar-refractivity contribution in [2.45, 2.75) is 65.2 Å². The maximum atomic E-state index is 6.71. The van der Waals surface area contributed by atoms with Crippen LogP contribution >= 0.6 is 0 Å². The van der Waals surface area contributed by atoms with Crippen LogP contribution in [0.15, 0.2) is 59.1 Å². The Kier molecular flexibility index (Phi) is 4.37. The highest BCUT2D eigenvalue weighted by Gasteiger charge is 2.44. The highest BCUT2D eigenvalue weighted by atomic mass is 16.3. The van der Waals surface area contributed by atoms with Crippen molar-refractivity contribution in [1.29, 1.82) is 0 Å². The molecule has 0 saturated heterocycles. The van der Waals surface area contributed by atoms with E-state index in [4.69, 9.17) is 4.42 Å². The molecule has 0 amide bonds. The minimum Gasteiger partial charge on any atom is -0.455 e. The Bertz CT molecular complexity index is 1630. The van der Waals surface area contributed by atoms with Crippen molar-refractivity contribution in [2.75, 3.05) is 0 Å². The molecule has 1 aliphatic carbocycles. The van der Waals surface area contributed by atoms with Crippen LogP contribution in [0.4, 0.5) is 0 Å². The Balaban J connectivity index is 1.77. The summed E-state index contributed by atoms with van der Waals surface area (Å²) < 4.78 is 9.06. The van der Waals surface area contributed by atoms with Gasteiger partial charge in [-0.1, -0.05) is 64.1 Å². The Hall–Kier alpha value is -3.13. The highest BCUT2D eigenvalue weighted by Crippen LogP contribution is 2.51. The molecule has 0 aliphatic heterocycles. The van der Waals surface area contributed by atoms with Crippen molar-refractivity contribution in [3.05, 3.63) is 77.0 Å². The van der Waals surface area contributed by atoms with Crippen LogP contribution in [-0.2, 0) is 17.9 Å². The molecule has 5 aromatic rings. The summed E-state index contributed by atoms with van der Waals surface area (Å²) in [7, 11) is 2.20. The number of benzene rings is 3. The van der Waals surface area contributed by atoms with Crippen molar-refractivity contribution >= 4 is 32.7 Å². The van der Waals surface area contributed by atoms with E-state index in [1.807, 2.05) is 0 Å². The normalized spacial score (nSPS) is 16.9. The Labute approximate surface area is 202 Å². The highest BCUT2D eigenvalue weighted by molar-refractivity contribution is 6.13. The standard InChI is InChI=1S/C32H34NO/c1-19-12-13-23-24-16-21-10-8-9-11-22(21)17-25(24)34-30(23)26(19)29-28-27(20(2)18-33(29)7)31(3,4)14-15-32(28,5)6/h8-13,16-18H,14-15H2,1-7H3/q+1. The molecular formula is C32H34NO+. The number of fused-ring (bicyclic) bond motifs is 5. The summed E-state index contributed by atoms with van der Waals surface area (Å²) in [6, 6.07) is 17.5. The number of hydrogen-bond acceptors (Lipinski definition) is 1. The fraction of sp³-hybridized carbons (Fsp3) is 0.344. The van der Waals surface area contributed by atoms with Crippen LogP contribution in [0.2, 0.25) is 0 Å². The molecule has 1 aliphatic rings. The average Bonchev–Trinajstić information content (AvgIpc) is 3.13. The van der Waals surface area contributed by atoms with Crippen molar-refractivity contribution in [3.63, 3.8) is 0 Å². The minimum absolute atomic E-state index is 0.0965. The van der Waals surface area contributed by atoms with Gasteiger partial charge in [-0.25, -0.2) is 4.57 Å². The summed E-state index contributed by atoms with van der Waals surface area (Å²) in [5.41, 5.74) is 10.4. The zero-order valence-electron chi connectivity index (χ0n) is 21.5. The molecule has 2 heterocycles. The van der Waals surface area contributed by atoms with E-state index in [2.05, 4.69) is 108 Å². The monoisotopic (exact) mass is 448 g/mol. The molecule has 0 bridgehead atoms. The third-order valence-corrected chi connectivity index (χ3v) is 8.30. The van der Waals surface area contributed by atoms with Crippen molar-refractivity contribution in [2.24, 2.45) is 7.05 Å². The first-order valence-electron chi connectivity index (χ1n) is 12.5. The van der Waals surface area contributed by atoms with Gasteiger partial charge in [0, 0.05) is 21.9 Å². The molecule has 2 aromatic heterocycles. The lowest BCUT2D eigenvalue weighted by Crippen LogP contribution is -2.42. The van der Waals surface area contributed by atoms with E-state index in [1.165, 1.54) is 67.9 Å². The van der Waals surface area contributed by atoms with Gasteiger partial charge in [-0.15, -0.1) is 0 Å². The van der Waals surface area contributed by atoms with Gasteiger partial charge in [0.2, 0.25) is 5.69 Å². The SMILES string of the molecule is Cc1c[n+](C)c(-c2c(C)ccc3c2oc2cc4ccccc4cc23)c2c1C(C)(C)CCC2(C)C. The second-order valence-electron chi connectivity index (χ2n) is 11.7. The van der Waals surface area contributed by atoms with Gasteiger partial charge < -0.3 is 4.42 Å². The lowest BCUT2D eigenvalue weighted by molar-refractivity contribution is -0.661. The minimum atomic E-state index is 0.0965. The zero-order valence-corrected chi connectivity index (χ0v) is 21.5. The Morgan fingerprint density at radius 1 is 0.765 bits per heavy atom. The summed E-state index contributed by atoms with van der Waals surface area (Å²) in [6.07, 6.45) is 4.72. The lowest BCUT2D eigenvalue weighted by atomic mass is 9.61. The topological polar surface area (TPSA) is 17.0 Å². The van der Waals surface area contributed by atoms with E-state index in [0.717, 1.165) is 11.2 Å². The maximum Gasteiger partial charge on any atom is 0.220 e. The van der Waals surface area contributed by atoms with Gasteiger partial charge in [-0.05, 0) is 71.6 Å². The number of aromatic nitrogens is 1. The number of aryl methyl sites for hydroxylation is 3. The molecule has 0 fully saturated rings. The molecule has 0 saturated carbocycles. The molecule has 3 aromatic carbocycles. The van der Waals surface area contributed by atoms with E-state index < -0.39 is 0 Å². The van der Waals surface area contributed by atoms with Crippen molar-refractivity contribution < 1.29 is 8.98 Å². The average molecular weight is 449 g/mol. The summed E-state index contributed by atoms with van der Waals surface area (Å²) in [5.74, 6) is 0. The van der Waals surface area contributed by atoms with Gasteiger partial charge in [0.05, 0.1) is 5.56 Å². The van der Waals surface area contributed by atoms with Gasteiger partial charge in [0.25, 0.3) is 0 Å². The first-order chi connectivity index (χ1) is 16.1. The van der Waals surface area contributed by atoms with Gasteiger partial charge in [0.1, 0.15) is 18.2 Å². The summed E-state index contributed by atoms with van der Waals surface area (Å²) in [6.45, 7) is 14.2. The van der Waals surface area contributed by atoms with Gasteiger partial charge in [0.15, 0.2) is 6.20 Å². The number of rotatable bonds is 1. The molecule has 2 heteroatoms. The quantitative estimate of drug-likeness (QED) is 0.236. The molecule has 0 spiro atoms. The maximum absolute atomic E-state index is 6.71. The fourth-order valence-electron chi connectivity index (χ4n) is 6.54. The van der Waals surface area contributed by atoms with Crippen LogP contribution in [0.1, 0.15) is 62.8 Å².